The van der Waals surface area contributed by atoms with Gasteiger partial charge in [-0.15, -0.1) is 0 Å². The second-order valence-electron chi connectivity index (χ2n) is 3.53. The van der Waals surface area contributed by atoms with Crippen LogP contribution in [0, 0.1) is 6.92 Å². The van der Waals surface area contributed by atoms with Crippen molar-refractivity contribution in [3.8, 4) is 11.5 Å². The Balaban J connectivity index is 3.00. The van der Waals surface area contributed by atoms with Gasteiger partial charge in [0.15, 0.2) is 0 Å². The standard InChI is InChI=1S/C13H16O4/c1-9-11(16-2)8-7-10(13(9)17-3)5-4-6-12(14)15/h4,6-8H,5H2,1-3H3,(H,14,15)/b6-4+. The van der Waals surface area contributed by atoms with E-state index in [0.29, 0.717) is 6.42 Å². The van der Waals surface area contributed by atoms with Gasteiger partial charge in [-0.25, -0.2) is 4.79 Å². The zero-order valence-electron chi connectivity index (χ0n) is 10.2. The summed E-state index contributed by atoms with van der Waals surface area (Å²) >= 11 is 0. The maximum Gasteiger partial charge on any atom is 0.327 e. The summed E-state index contributed by atoms with van der Waals surface area (Å²) in [5.74, 6) is 0.543. The largest absolute Gasteiger partial charge is 0.496 e. The van der Waals surface area contributed by atoms with Crippen LogP contribution in [0.4, 0.5) is 0 Å². The average Bonchev–Trinajstić information content (AvgIpc) is 2.29. The first-order chi connectivity index (χ1) is 8.10. The number of allylic oxidation sites excluding steroid dienone is 1. The Morgan fingerprint density at radius 3 is 2.59 bits per heavy atom. The molecule has 17 heavy (non-hydrogen) atoms. The minimum Gasteiger partial charge on any atom is -0.496 e. The van der Waals surface area contributed by atoms with Crippen LogP contribution in [-0.4, -0.2) is 25.3 Å². The van der Waals surface area contributed by atoms with Crippen LogP contribution in [-0.2, 0) is 11.2 Å². The van der Waals surface area contributed by atoms with Gasteiger partial charge in [-0.3, -0.25) is 0 Å². The first-order valence-corrected chi connectivity index (χ1v) is 5.20. The number of methoxy groups -OCH3 is 2. The quantitative estimate of drug-likeness (QED) is 0.796. The summed E-state index contributed by atoms with van der Waals surface area (Å²) in [6.07, 6.45) is 3.23. The maximum atomic E-state index is 10.4. The SMILES string of the molecule is COc1ccc(C/C=C/C(=O)O)c(OC)c1C. The summed E-state index contributed by atoms with van der Waals surface area (Å²) in [6, 6.07) is 3.72. The van der Waals surface area contributed by atoms with E-state index in [0.717, 1.165) is 28.7 Å². The van der Waals surface area contributed by atoms with Gasteiger partial charge >= 0.3 is 5.97 Å². The van der Waals surface area contributed by atoms with Gasteiger partial charge in [0.05, 0.1) is 14.2 Å². The lowest BCUT2D eigenvalue weighted by molar-refractivity contribution is -0.131. The lowest BCUT2D eigenvalue weighted by Gasteiger charge is -2.13. The molecule has 1 aromatic carbocycles. The third-order valence-corrected chi connectivity index (χ3v) is 2.46. The van der Waals surface area contributed by atoms with E-state index in [9.17, 15) is 4.79 Å². The fourth-order valence-corrected chi connectivity index (χ4v) is 1.68. The lowest BCUT2D eigenvalue weighted by Crippen LogP contribution is -1.97. The van der Waals surface area contributed by atoms with Crippen LogP contribution in [0.15, 0.2) is 24.3 Å². The van der Waals surface area contributed by atoms with Gasteiger partial charge < -0.3 is 14.6 Å². The van der Waals surface area contributed by atoms with Crippen molar-refractivity contribution in [2.24, 2.45) is 0 Å². The molecule has 4 heteroatoms. The predicted molar refractivity (Wildman–Crippen MR) is 64.8 cm³/mol. The molecule has 0 atom stereocenters. The molecule has 0 aliphatic heterocycles. The number of rotatable bonds is 5. The molecule has 4 nitrogen and oxygen atoms in total. The number of carboxylic acids is 1. The van der Waals surface area contributed by atoms with E-state index < -0.39 is 5.97 Å². The molecule has 0 aromatic heterocycles. The Kier molecular flexibility index (Phi) is 4.57. The van der Waals surface area contributed by atoms with Crippen molar-refractivity contribution in [3.05, 3.63) is 35.4 Å². The van der Waals surface area contributed by atoms with Crippen LogP contribution in [0.25, 0.3) is 0 Å². The van der Waals surface area contributed by atoms with Crippen molar-refractivity contribution in [1.29, 1.82) is 0 Å². The van der Waals surface area contributed by atoms with E-state index in [4.69, 9.17) is 14.6 Å². The third kappa shape index (κ3) is 3.24. The molecule has 0 aliphatic carbocycles. The van der Waals surface area contributed by atoms with Gasteiger partial charge in [0.1, 0.15) is 11.5 Å². The highest BCUT2D eigenvalue weighted by atomic mass is 16.5. The molecule has 0 radical (unpaired) electrons. The van der Waals surface area contributed by atoms with Gasteiger partial charge in [-0.2, -0.15) is 0 Å². The number of benzene rings is 1. The Labute approximate surface area is 100 Å². The van der Waals surface area contributed by atoms with Crippen LogP contribution in [0.5, 0.6) is 11.5 Å². The monoisotopic (exact) mass is 236 g/mol. The summed E-state index contributed by atoms with van der Waals surface area (Å²) in [7, 11) is 3.19. The van der Waals surface area contributed by atoms with Crippen molar-refractivity contribution in [3.63, 3.8) is 0 Å². The first-order valence-electron chi connectivity index (χ1n) is 5.20. The Morgan fingerprint density at radius 1 is 1.35 bits per heavy atom. The summed E-state index contributed by atoms with van der Waals surface area (Å²) in [6.45, 7) is 1.90. The summed E-state index contributed by atoms with van der Waals surface area (Å²) in [5.41, 5.74) is 1.85. The van der Waals surface area contributed by atoms with Gasteiger partial charge in [-0.05, 0) is 25.0 Å². The highest BCUT2D eigenvalue weighted by molar-refractivity contribution is 5.79. The van der Waals surface area contributed by atoms with E-state index in [-0.39, 0.29) is 0 Å². The molecular weight excluding hydrogens is 220 g/mol. The second-order valence-corrected chi connectivity index (χ2v) is 3.53. The molecule has 0 heterocycles. The zero-order valence-corrected chi connectivity index (χ0v) is 10.2. The maximum absolute atomic E-state index is 10.4. The number of ether oxygens (including phenoxy) is 2. The molecule has 1 rings (SSSR count). The highest BCUT2D eigenvalue weighted by Crippen LogP contribution is 2.31. The van der Waals surface area contributed by atoms with E-state index in [1.807, 2.05) is 19.1 Å². The summed E-state index contributed by atoms with van der Waals surface area (Å²) in [4.78, 5) is 10.4. The number of aliphatic carboxylic acids is 1. The molecule has 92 valence electrons. The molecule has 1 aromatic rings. The molecule has 0 fully saturated rings. The Morgan fingerprint density at radius 2 is 2.06 bits per heavy atom. The first kappa shape index (κ1) is 13.1. The van der Waals surface area contributed by atoms with Crippen molar-refractivity contribution in [2.75, 3.05) is 14.2 Å². The van der Waals surface area contributed by atoms with E-state index in [2.05, 4.69) is 0 Å². The minimum atomic E-state index is -0.950. The number of hydrogen-bond acceptors (Lipinski definition) is 3. The molecule has 1 N–H and O–H groups in total. The summed E-state index contributed by atoms with van der Waals surface area (Å²) in [5, 5.41) is 8.52. The van der Waals surface area contributed by atoms with Gasteiger partial charge in [0, 0.05) is 11.6 Å². The molecule has 0 amide bonds. The fraction of sp³-hybridized carbons (Fsp3) is 0.308. The van der Waals surface area contributed by atoms with Crippen LogP contribution in [0.2, 0.25) is 0 Å². The van der Waals surface area contributed by atoms with Gasteiger partial charge in [-0.1, -0.05) is 12.1 Å². The predicted octanol–water partition coefficient (Wildman–Crippen LogP) is 2.20. The molecule has 0 saturated heterocycles. The molecule has 0 spiro atoms. The second kappa shape index (κ2) is 5.94. The van der Waals surface area contributed by atoms with Crippen LogP contribution >= 0.6 is 0 Å². The van der Waals surface area contributed by atoms with Gasteiger partial charge in [0.2, 0.25) is 0 Å². The molecular formula is C13H16O4. The normalized spacial score (nSPS) is 10.5. The van der Waals surface area contributed by atoms with Crippen molar-refractivity contribution in [1.82, 2.24) is 0 Å². The van der Waals surface area contributed by atoms with Crippen LogP contribution < -0.4 is 9.47 Å². The van der Waals surface area contributed by atoms with E-state index >= 15 is 0 Å². The third-order valence-electron chi connectivity index (χ3n) is 2.46. The zero-order chi connectivity index (χ0) is 12.8. The topological polar surface area (TPSA) is 55.8 Å². The van der Waals surface area contributed by atoms with E-state index in [1.165, 1.54) is 0 Å². The van der Waals surface area contributed by atoms with Crippen molar-refractivity contribution in [2.45, 2.75) is 13.3 Å². The summed E-state index contributed by atoms with van der Waals surface area (Å²) < 4.78 is 10.5. The smallest absolute Gasteiger partial charge is 0.327 e. The molecule has 0 unspecified atom stereocenters. The van der Waals surface area contributed by atoms with Crippen molar-refractivity contribution >= 4 is 5.97 Å². The number of carbonyl (C=O) groups is 1. The lowest BCUT2D eigenvalue weighted by atomic mass is 10.1. The van der Waals surface area contributed by atoms with Crippen molar-refractivity contribution < 1.29 is 19.4 Å². The van der Waals surface area contributed by atoms with E-state index in [1.54, 1.807) is 20.3 Å². The number of hydrogen-bond donors (Lipinski definition) is 1. The van der Waals surface area contributed by atoms with Crippen LogP contribution in [0.1, 0.15) is 11.1 Å². The minimum absolute atomic E-state index is 0.514. The fourth-order valence-electron chi connectivity index (χ4n) is 1.68. The van der Waals surface area contributed by atoms with Gasteiger partial charge in [0.25, 0.3) is 0 Å². The Hall–Kier alpha value is -1.97. The average molecular weight is 236 g/mol. The molecule has 0 saturated carbocycles. The van der Waals surface area contributed by atoms with Crippen LogP contribution in [0.3, 0.4) is 0 Å². The molecule has 0 aliphatic rings. The molecule has 0 bridgehead atoms. The highest BCUT2D eigenvalue weighted by Gasteiger charge is 2.09. The number of carboxylic acid groups (broad SMARTS) is 1. The Bertz CT molecular complexity index is 435.